The molecule has 2 unspecified atom stereocenters. The molecule has 4 aliphatic rings. The van der Waals surface area contributed by atoms with E-state index in [1.807, 2.05) is 11.8 Å². The first-order chi connectivity index (χ1) is 17.0. The van der Waals surface area contributed by atoms with Crippen molar-refractivity contribution in [2.75, 3.05) is 51.5 Å². The zero-order valence-electron chi connectivity index (χ0n) is 20.7. The first kappa shape index (κ1) is 24.3. The summed E-state index contributed by atoms with van der Waals surface area (Å²) in [5.41, 5.74) is 1.40. The van der Waals surface area contributed by atoms with Gasteiger partial charge in [0.15, 0.2) is 0 Å². The van der Waals surface area contributed by atoms with Gasteiger partial charge in [-0.1, -0.05) is 0 Å². The second-order valence-electron chi connectivity index (χ2n) is 10.3. The minimum absolute atomic E-state index is 0.168. The van der Waals surface area contributed by atoms with Gasteiger partial charge in [-0.3, -0.25) is 4.90 Å². The summed E-state index contributed by atoms with van der Waals surface area (Å²) >= 11 is 0. The number of hydrogen-bond acceptors (Lipinski definition) is 6. The van der Waals surface area contributed by atoms with Crippen molar-refractivity contribution in [2.24, 2.45) is 0 Å². The summed E-state index contributed by atoms with van der Waals surface area (Å²) in [4.78, 5) is 31.5. The highest BCUT2D eigenvalue weighted by Crippen LogP contribution is 2.48. The van der Waals surface area contributed by atoms with Crippen LogP contribution in [-0.4, -0.2) is 86.7 Å². The van der Waals surface area contributed by atoms with Crippen molar-refractivity contribution in [3.05, 3.63) is 29.6 Å². The van der Waals surface area contributed by atoms with Gasteiger partial charge in [0.25, 0.3) is 0 Å². The van der Waals surface area contributed by atoms with Gasteiger partial charge in [0, 0.05) is 37.2 Å². The van der Waals surface area contributed by atoms with Crippen LogP contribution in [-0.2, 0) is 19.6 Å². The Morgan fingerprint density at radius 1 is 1.03 bits per heavy atom. The molecule has 4 heterocycles. The van der Waals surface area contributed by atoms with E-state index in [1.54, 1.807) is 24.1 Å². The van der Waals surface area contributed by atoms with E-state index in [9.17, 15) is 14.0 Å². The number of hydrogen-bond donors (Lipinski definition) is 0. The highest BCUT2D eigenvalue weighted by molar-refractivity contribution is 5.91. The van der Waals surface area contributed by atoms with Crippen LogP contribution in [0.15, 0.2) is 18.2 Å². The zero-order valence-corrected chi connectivity index (χ0v) is 20.7. The molecule has 3 saturated heterocycles. The Labute approximate surface area is 206 Å². The number of fused-ring (bicyclic) bond motifs is 4. The molecule has 0 aliphatic carbocycles. The molecule has 0 saturated carbocycles. The standard InChI is InChI=1S/C26H36FN3O5/c1-3-34-25(32)30-19-5-6-20(30)16-21(15-19)28-10-8-26(9-11-28)17-29(24(31)35-13-12-33-2)23-7-4-18(27)14-22(23)26/h4,7,14,19-21H,3,5-6,8-13,15-17H2,1-2H3. The SMILES string of the molecule is CCOC(=O)N1C2CCC1CC(N1CCC3(CC1)CN(C(=O)OCCOC)c1ccc(F)cc13)C2. The van der Waals surface area contributed by atoms with E-state index in [0.717, 1.165) is 62.9 Å². The lowest BCUT2D eigenvalue weighted by atomic mass is 9.73. The minimum Gasteiger partial charge on any atom is -0.450 e. The van der Waals surface area contributed by atoms with Crippen LogP contribution in [0.25, 0.3) is 0 Å². The van der Waals surface area contributed by atoms with Crippen LogP contribution < -0.4 is 4.90 Å². The smallest absolute Gasteiger partial charge is 0.414 e. The lowest BCUT2D eigenvalue weighted by Crippen LogP contribution is -2.55. The molecule has 192 valence electrons. The molecular formula is C26H36FN3O5. The van der Waals surface area contributed by atoms with Gasteiger partial charge in [0.1, 0.15) is 12.4 Å². The summed E-state index contributed by atoms with van der Waals surface area (Å²) in [6.07, 6.45) is 5.19. The summed E-state index contributed by atoms with van der Waals surface area (Å²) in [6.45, 7) is 5.09. The van der Waals surface area contributed by atoms with Gasteiger partial charge in [0.05, 0.1) is 18.9 Å². The summed E-state index contributed by atoms with van der Waals surface area (Å²) in [7, 11) is 1.57. The summed E-state index contributed by atoms with van der Waals surface area (Å²) in [5.74, 6) is -0.275. The number of nitrogens with zero attached hydrogens (tertiary/aromatic N) is 3. The normalized spacial score (nSPS) is 27.2. The number of carbonyl (C=O) groups is 2. The molecule has 2 amide bonds. The van der Waals surface area contributed by atoms with Crippen LogP contribution in [0, 0.1) is 5.82 Å². The molecule has 0 radical (unpaired) electrons. The fourth-order valence-corrected chi connectivity index (χ4v) is 6.78. The van der Waals surface area contributed by atoms with Gasteiger partial charge in [0.2, 0.25) is 0 Å². The molecule has 2 bridgehead atoms. The second kappa shape index (κ2) is 9.93. The molecule has 4 aliphatic heterocycles. The fourth-order valence-electron chi connectivity index (χ4n) is 6.78. The lowest BCUT2D eigenvalue weighted by molar-refractivity contribution is 0.0280. The first-order valence-electron chi connectivity index (χ1n) is 12.9. The van der Waals surface area contributed by atoms with Crippen LogP contribution in [0.3, 0.4) is 0 Å². The zero-order chi connectivity index (χ0) is 24.6. The third-order valence-electron chi connectivity index (χ3n) is 8.47. The predicted octanol–water partition coefficient (Wildman–Crippen LogP) is 3.91. The Morgan fingerprint density at radius 2 is 1.74 bits per heavy atom. The van der Waals surface area contributed by atoms with E-state index in [0.29, 0.717) is 25.8 Å². The third kappa shape index (κ3) is 4.48. The van der Waals surface area contributed by atoms with E-state index in [-0.39, 0.29) is 36.0 Å². The Balaban J connectivity index is 1.26. The number of benzene rings is 1. The number of amides is 2. The number of likely N-dealkylation sites (tertiary alicyclic amines) is 1. The largest absolute Gasteiger partial charge is 0.450 e. The topological polar surface area (TPSA) is 71.6 Å². The van der Waals surface area contributed by atoms with Gasteiger partial charge < -0.3 is 24.0 Å². The second-order valence-corrected chi connectivity index (χ2v) is 10.3. The van der Waals surface area contributed by atoms with Crippen molar-refractivity contribution in [2.45, 2.75) is 69.0 Å². The molecule has 9 heteroatoms. The molecular weight excluding hydrogens is 453 g/mol. The molecule has 1 aromatic rings. The van der Waals surface area contributed by atoms with Crippen molar-refractivity contribution in [1.82, 2.24) is 9.80 Å². The van der Waals surface area contributed by atoms with Crippen molar-refractivity contribution >= 4 is 17.9 Å². The Morgan fingerprint density at radius 3 is 2.40 bits per heavy atom. The highest BCUT2D eigenvalue weighted by Gasteiger charge is 2.50. The number of carbonyl (C=O) groups excluding carboxylic acids is 2. The summed E-state index contributed by atoms with van der Waals surface area (Å²) in [5, 5.41) is 0. The molecule has 0 aromatic heterocycles. The van der Waals surface area contributed by atoms with Gasteiger partial charge in [-0.2, -0.15) is 0 Å². The van der Waals surface area contributed by atoms with E-state index in [1.165, 1.54) is 6.07 Å². The van der Waals surface area contributed by atoms with Crippen LogP contribution in [0.5, 0.6) is 0 Å². The summed E-state index contributed by atoms with van der Waals surface area (Å²) < 4.78 is 30.0. The molecule has 8 nitrogen and oxygen atoms in total. The fraction of sp³-hybridized carbons (Fsp3) is 0.692. The van der Waals surface area contributed by atoms with E-state index in [4.69, 9.17) is 14.2 Å². The number of piperidine rings is 2. The third-order valence-corrected chi connectivity index (χ3v) is 8.47. The van der Waals surface area contributed by atoms with Crippen molar-refractivity contribution in [3.63, 3.8) is 0 Å². The van der Waals surface area contributed by atoms with Crippen LogP contribution in [0.2, 0.25) is 0 Å². The molecule has 3 fully saturated rings. The van der Waals surface area contributed by atoms with Gasteiger partial charge in [-0.05, 0) is 82.3 Å². The average molecular weight is 490 g/mol. The van der Waals surface area contributed by atoms with E-state index < -0.39 is 6.09 Å². The number of rotatable bonds is 5. The first-order valence-corrected chi connectivity index (χ1v) is 12.9. The quantitative estimate of drug-likeness (QED) is 0.584. The molecule has 0 N–H and O–H groups in total. The van der Waals surface area contributed by atoms with Crippen LogP contribution in [0.1, 0.15) is 51.0 Å². The van der Waals surface area contributed by atoms with Gasteiger partial charge >= 0.3 is 12.2 Å². The average Bonchev–Trinajstić information content (AvgIpc) is 3.30. The van der Waals surface area contributed by atoms with Crippen LogP contribution in [0.4, 0.5) is 19.7 Å². The molecule has 2 atom stereocenters. The highest BCUT2D eigenvalue weighted by atomic mass is 19.1. The molecule has 5 rings (SSSR count). The number of methoxy groups -OCH3 is 1. The van der Waals surface area contributed by atoms with Crippen LogP contribution >= 0.6 is 0 Å². The monoisotopic (exact) mass is 489 g/mol. The van der Waals surface area contributed by atoms with Crippen molar-refractivity contribution in [1.29, 1.82) is 0 Å². The summed E-state index contributed by atoms with van der Waals surface area (Å²) in [6, 6.07) is 5.67. The van der Waals surface area contributed by atoms with E-state index in [2.05, 4.69) is 4.90 Å². The Bertz CT molecular complexity index is 937. The Kier molecular flexibility index (Phi) is 6.90. The Hall–Kier alpha value is -2.39. The predicted molar refractivity (Wildman–Crippen MR) is 128 cm³/mol. The maximum atomic E-state index is 14.3. The molecule has 1 spiro atoms. The minimum atomic E-state index is -0.405. The lowest BCUT2D eigenvalue weighted by Gasteiger charge is -2.47. The maximum Gasteiger partial charge on any atom is 0.414 e. The number of anilines is 1. The molecule has 1 aromatic carbocycles. The molecule has 35 heavy (non-hydrogen) atoms. The maximum absolute atomic E-state index is 14.3. The van der Waals surface area contributed by atoms with Crippen molar-refractivity contribution < 1.29 is 28.2 Å². The van der Waals surface area contributed by atoms with Gasteiger partial charge in [-0.15, -0.1) is 0 Å². The number of ether oxygens (including phenoxy) is 3. The van der Waals surface area contributed by atoms with E-state index >= 15 is 0 Å². The van der Waals surface area contributed by atoms with Gasteiger partial charge in [-0.25, -0.2) is 14.0 Å². The number of halogens is 1. The van der Waals surface area contributed by atoms with Crippen molar-refractivity contribution in [3.8, 4) is 0 Å².